The second kappa shape index (κ2) is 4.29. The van der Waals surface area contributed by atoms with Crippen molar-refractivity contribution in [3.8, 4) is 0 Å². The highest BCUT2D eigenvalue weighted by atomic mass is 15.0. The normalized spacial score (nSPS) is 17.5. The lowest BCUT2D eigenvalue weighted by Crippen LogP contribution is -2.08. The average Bonchev–Trinajstić information content (AvgIpc) is 2.72. The van der Waals surface area contributed by atoms with Crippen LogP contribution in [0.2, 0.25) is 0 Å². The van der Waals surface area contributed by atoms with Crippen LogP contribution < -0.4 is 11.1 Å². The van der Waals surface area contributed by atoms with Crippen molar-refractivity contribution in [1.82, 2.24) is 9.97 Å². The number of rotatable bonds is 2. The molecule has 0 amide bonds. The Morgan fingerprint density at radius 3 is 3.00 bits per heavy atom. The van der Waals surface area contributed by atoms with E-state index >= 15 is 0 Å². The van der Waals surface area contributed by atoms with Gasteiger partial charge in [-0.25, -0.2) is 9.97 Å². The summed E-state index contributed by atoms with van der Waals surface area (Å²) < 4.78 is 0. The molecule has 0 fully saturated rings. The number of aryl methyl sites for hydroxylation is 2. The van der Waals surface area contributed by atoms with Gasteiger partial charge in [-0.2, -0.15) is 0 Å². The van der Waals surface area contributed by atoms with Crippen LogP contribution in [0.15, 0.2) is 30.6 Å². The highest BCUT2D eigenvalue weighted by Crippen LogP contribution is 2.34. The summed E-state index contributed by atoms with van der Waals surface area (Å²) in [5.74, 6) is 0.886. The second-order valence-corrected chi connectivity index (χ2v) is 4.74. The maximum Gasteiger partial charge on any atom is 0.130 e. The van der Waals surface area contributed by atoms with Crippen LogP contribution in [0.25, 0.3) is 0 Å². The van der Waals surface area contributed by atoms with Crippen molar-refractivity contribution in [2.45, 2.75) is 25.8 Å². The Kier molecular flexibility index (Phi) is 2.63. The molecule has 1 unspecified atom stereocenters. The molecule has 0 bridgehead atoms. The van der Waals surface area contributed by atoms with E-state index in [0.29, 0.717) is 6.04 Å². The minimum absolute atomic E-state index is 0.329. The van der Waals surface area contributed by atoms with E-state index < -0.39 is 0 Å². The third-order valence-corrected chi connectivity index (χ3v) is 3.37. The topological polar surface area (TPSA) is 63.8 Å². The molecule has 1 aliphatic rings. The molecule has 0 spiro atoms. The number of nitrogen functional groups attached to an aromatic ring is 1. The molecule has 18 heavy (non-hydrogen) atoms. The molecular weight excluding hydrogens is 224 g/mol. The Labute approximate surface area is 106 Å². The van der Waals surface area contributed by atoms with Gasteiger partial charge in [0, 0.05) is 17.4 Å². The largest absolute Gasteiger partial charge is 0.399 e. The van der Waals surface area contributed by atoms with Crippen molar-refractivity contribution in [2.75, 3.05) is 11.1 Å². The van der Waals surface area contributed by atoms with Gasteiger partial charge in [-0.3, -0.25) is 0 Å². The number of nitrogens with one attached hydrogen (secondary N) is 1. The van der Waals surface area contributed by atoms with Gasteiger partial charge in [-0.15, -0.1) is 0 Å². The van der Waals surface area contributed by atoms with Gasteiger partial charge >= 0.3 is 0 Å². The quantitative estimate of drug-likeness (QED) is 0.791. The number of fused-ring (bicyclic) bond motifs is 1. The minimum Gasteiger partial charge on any atom is -0.399 e. The van der Waals surface area contributed by atoms with E-state index in [2.05, 4.69) is 27.4 Å². The predicted molar refractivity (Wildman–Crippen MR) is 72.3 cm³/mol. The van der Waals surface area contributed by atoms with Gasteiger partial charge in [0.2, 0.25) is 0 Å². The summed E-state index contributed by atoms with van der Waals surface area (Å²) in [4.78, 5) is 8.35. The first-order valence-corrected chi connectivity index (χ1v) is 6.16. The Morgan fingerprint density at radius 2 is 2.17 bits per heavy atom. The van der Waals surface area contributed by atoms with Crippen LogP contribution in [-0.4, -0.2) is 9.97 Å². The summed E-state index contributed by atoms with van der Waals surface area (Å²) in [5, 5.41) is 3.47. The number of nitrogens with zero attached hydrogens (tertiary/aromatic N) is 2. The van der Waals surface area contributed by atoms with Crippen LogP contribution in [0.5, 0.6) is 0 Å². The first-order chi connectivity index (χ1) is 8.72. The van der Waals surface area contributed by atoms with E-state index in [1.165, 1.54) is 11.1 Å². The van der Waals surface area contributed by atoms with Gasteiger partial charge in [0.05, 0.1) is 6.04 Å². The van der Waals surface area contributed by atoms with Gasteiger partial charge in [-0.1, -0.05) is 6.07 Å². The highest BCUT2D eigenvalue weighted by molar-refractivity contribution is 5.50. The highest BCUT2D eigenvalue weighted by Gasteiger charge is 2.22. The smallest absolute Gasteiger partial charge is 0.130 e. The number of aromatic nitrogens is 2. The fourth-order valence-corrected chi connectivity index (χ4v) is 2.50. The van der Waals surface area contributed by atoms with Gasteiger partial charge in [-0.05, 0) is 43.0 Å². The summed E-state index contributed by atoms with van der Waals surface area (Å²) in [5.41, 5.74) is 10.3. The summed E-state index contributed by atoms with van der Waals surface area (Å²) >= 11 is 0. The number of hydrogen-bond donors (Lipinski definition) is 2. The van der Waals surface area contributed by atoms with Crippen LogP contribution in [0.4, 0.5) is 11.5 Å². The fraction of sp³-hybridized carbons (Fsp3) is 0.286. The van der Waals surface area contributed by atoms with Crippen LogP contribution in [0.1, 0.15) is 29.3 Å². The number of nitrogens with two attached hydrogens (primary N) is 1. The molecule has 1 aromatic heterocycles. The van der Waals surface area contributed by atoms with Gasteiger partial charge in [0.25, 0.3) is 0 Å². The van der Waals surface area contributed by atoms with Crippen molar-refractivity contribution in [3.63, 3.8) is 0 Å². The molecule has 1 aliphatic carbocycles. The molecule has 1 atom stereocenters. The Hall–Kier alpha value is -2.10. The van der Waals surface area contributed by atoms with Gasteiger partial charge in [0.15, 0.2) is 0 Å². The van der Waals surface area contributed by atoms with Crippen LogP contribution in [0.3, 0.4) is 0 Å². The Morgan fingerprint density at radius 1 is 1.28 bits per heavy atom. The van der Waals surface area contributed by atoms with Crippen LogP contribution in [0, 0.1) is 6.92 Å². The van der Waals surface area contributed by atoms with Crippen LogP contribution >= 0.6 is 0 Å². The second-order valence-electron chi connectivity index (χ2n) is 4.74. The zero-order chi connectivity index (χ0) is 12.5. The number of hydrogen-bond acceptors (Lipinski definition) is 4. The Balaban J connectivity index is 1.85. The summed E-state index contributed by atoms with van der Waals surface area (Å²) in [7, 11) is 0. The van der Waals surface area contributed by atoms with E-state index in [4.69, 9.17) is 5.73 Å². The van der Waals surface area contributed by atoms with Crippen molar-refractivity contribution in [1.29, 1.82) is 0 Å². The molecule has 0 aliphatic heterocycles. The molecule has 4 heteroatoms. The van der Waals surface area contributed by atoms with Gasteiger partial charge in [0.1, 0.15) is 12.1 Å². The number of anilines is 2. The van der Waals surface area contributed by atoms with Crippen LogP contribution in [-0.2, 0) is 6.42 Å². The fourth-order valence-electron chi connectivity index (χ4n) is 2.50. The van der Waals surface area contributed by atoms with E-state index in [1.807, 2.05) is 19.1 Å². The molecule has 92 valence electrons. The maximum atomic E-state index is 5.81. The lowest BCUT2D eigenvalue weighted by atomic mass is 10.1. The van der Waals surface area contributed by atoms with Crippen molar-refractivity contribution < 1.29 is 0 Å². The van der Waals surface area contributed by atoms with E-state index in [1.54, 1.807) is 6.33 Å². The van der Waals surface area contributed by atoms with Crippen molar-refractivity contribution in [3.05, 3.63) is 47.4 Å². The molecule has 0 saturated heterocycles. The SMILES string of the molecule is Cc1cc(NC2CCc3cc(N)ccc32)ncn1. The monoisotopic (exact) mass is 240 g/mol. The molecule has 0 radical (unpaired) electrons. The third kappa shape index (κ3) is 2.01. The van der Waals surface area contributed by atoms with Crippen molar-refractivity contribution in [2.24, 2.45) is 0 Å². The third-order valence-electron chi connectivity index (χ3n) is 3.37. The molecule has 2 aromatic rings. The van der Waals surface area contributed by atoms with E-state index in [0.717, 1.165) is 30.0 Å². The zero-order valence-corrected chi connectivity index (χ0v) is 10.4. The van der Waals surface area contributed by atoms with Gasteiger partial charge < -0.3 is 11.1 Å². The molecule has 1 heterocycles. The van der Waals surface area contributed by atoms with Crippen molar-refractivity contribution >= 4 is 11.5 Å². The molecular formula is C14H16N4. The first-order valence-electron chi connectivity index (χ1n) is 6.16. The Bertz CT molecular complexity index is 580. The minimum atomic E-state index is 0.329. The predicted octanol–water partition coefficient (Wildman–Crippen LogP) is 2.47. The average molecular weight is 240 g/mol. The summed E-state index contributed by atoms with van der Waals surface area (Å²) in [6, 6.07) is 8.44. The number of benzene rings is 1. The zero-order valence-electron chi connectivity index (χ0n) is 10.4. The van der Waals surface area contributed by atoms with E-state index in [9.17, 15) is 0 Å². The molecule has 1 aromatic carbocycles. The molecule has 3 rings (SSSR count). The first kappa shape index (κ1) is 11.0. The molecule has 3 N–H and O–H groups in total. The summed E-state index contributed by atoms with van der Waals surface area (Å²) in [6.07, 6.45) is 3.75. The molecule has 4 nitrogen and oxygen atoms in total. The van der Waals surface area contributed by atoms with E-state index in [-0.39, 0.29) is 0 Å². The standard InChI is InChI=1S/C14H16N4/c1-9-6-14(17-8-16-9)18-13-5-2-10-7-11(15)3-4-12(10)13/h3-4,6-8,13H,2,5,15H2,1H3,(H,16,17,18). The lowest BCUT2D eigenvalue weighted by molar-refractivity contribution is 0.756. The summed E-state index contributed by atoms with van der Waals surface area (Å²) in [6.45, 7) is 1.97. The maximum absolute atomic E-state index is 5.81. The molecule has 0 saturated carbocycles. The lowest BCUT2D eigenvalue weighted by Gasteiger charge is -2.14.